The summed E-state index contributed by atoms with van der Waals surface area (Å²) < 4.78 is 0. The molecule has 94 valence electrons. The molecule has 0 radical (unpaired) electrons. The van der Waals surface area contributed by atoms with E-state index in [-0.39, 0.29) is 0 Å². The number of hydrogen-bond donors (Lipinski definition) is 0. The average molecular weight is 310 g/mol. The van der Waals surface area contributed by atoms with Gasteiger partial charge in [-0.25, -0.2) is 9.97 Å². The molecule has 0 aliphatic heterocycles. The lowest BCUT2D eigenvalue weighted by Crippen LogP contribution is -1.91. The van der Waals surface area contributed by atoms with E-state index in [0.717, 1.165) is 10.9 Å². The van der Waals surface area contributed by atoms with Crippen LogP contribution in [-0.4, -0.2) is 9.97 Å². The molecule has 0 saturated heterocycles. The molecular formula is C14H7Cl3N2. The van der Waals surface area contributed by atoms with Gasteiger partial charge in [-0.05, 0) is 30.3 Å². The maximum atomic E-state index is 6.18. The molecule has 3 aromatic rings. The molecule has 0 aliphatic rings. The van der Waals surface area contributed by atoms with Crippen molar-refractivity contribution in [2.45, 2.75) is 0 Å². The summed E-state index contributed by atoms with van der Waals surface area (Å²) in [5.41, 5.74) is 1.53. The Balaban J connectivity index is 2.25. The molecule has 1 aromatic heterocycles. The molecule has 0 fully saturated rings. The predicted molar refractivity (Wildman–Crippen MR) is 80.0 cm³/mol. The van der Waals surface area contributed by atoms with Crippen molar-refractivity contribution in [3.8, 4) is 11.4 Å². The Bertz CT molecular complexity index is 772. The van der Waals surface area contributed by atoms with Gasteiger partial charge in [0.2, 0.25) is 0 Å². The lowest BCUT2D eigenvalue weighted by molar-refractivity contribution is 1.23. The van der Waals surface area contributed by atoms with E-state index in [2.05, 4.69) is 9.97 Å². The second-order valence-electron chi connectivity index (χ2n) is 4.01. The van der Waals surface area contributed by atoms with Gasteiger partial charge in [0.1, 0.15) is 5.15 Å². The topological polar surface area (TPSA) is 25.8 Å². The predicted octanol–water partition coefficient (Wildman–Crippen LogP) is 5.26. The summed E-state index contributed by atoms with van der Waals surface area (Å²) in [5.74, 6) is 0.530. The molecule has 0 atom stereocenters. The van der Waals surface area contributed by atoms with Gasteiger partial charge in [0, 0.05) is 21.0 Å². The Hall–Kier alpha value is -1.35. The van der Waals surface area contributed by atoms with E-state index in [9.17, 15) is 0 Å². The fraction of sp³-hybridized carbons (Fsp3) is 0. The van der Waals surface area contributed by atoms with Crippen LogP contribution in [-0.2, 0) is 0 Å². The first kappa shape index (κ1) is 12.7. The normalized spacial score (nSPS) is 10.9. The summed E-state index contributed by atoms with van der Waals surface area (Å²) >= 11 is 18.1. The quantitative estimate of drug-likeness (QED) is 0.573. The van der Waals surface area contributed by atoms with Crippen molar-refractivity contribution in [2.75, 3.05) is 0 Å². The zero-order chi connectivity index (χ0) is 13.4. The maximum Gasteiger partial charge on any atom is 0.161 e. The van der Waals surface area contributed by atoms with Gasteiger partial charge in [0.05, 0.1) is 5.52 Å². The molecule has 1 heterocycles. The first-order valence-corrected chi connectivity index (χ1v) is 6.65. The molecule has 0 N–H and O–H groups in total. The van der Waals surface area contributed by atoms with Gasteiger partial charge in [-0.1, -0.05) is 46.9 Å². The molecule has 0 amide bonds. The number of nitrogens with zero attached hydrogens (tertiary/aromatic N) is 2. The van der Waals surface area contributed by atoms with Gasteiger partial charge in [-0.2, -0.15) is 0 Å². The zero-order valence-electron chi connectivity index (χ0n) is 9.57. The van der Waals surface area contributed by atoms with E-state index in [1.165, 1.54) is 0 Å². The van der Waals surface area contributed by atoms with Gasteiger partial charge in [-0.15, -0.1) is 0 Å². The highest BCUT2D eigenvalue weighted by Gasteiger charge is 2.08. The number of rotatable bonds is 1. The third-order valence-electron chi connectivity index (χ3n) is 2.70. The van der Waals surface area contributed by atoms with E-state index in [0.29, 0.717) is 26.5 Å². The van der Waals surface area contributed by atoms with E-state index in [4.69, 9.17) is 34.8 Å². The van der Waals surface area contributed by atoms with Crippen molar-refractivity contribution in [2.24, 2.45) is 0 Å². The molecular weight excluding hydrogens is 303 g/mol. The summed E-state index contributed by atoms with van der Waals surface area (Å²) in [6, 6.07) is 12.7. The third kappa shape index (κ3) is 2.52. The van der Waals surface area contributed by atoms with E-state index in [1.54, 1.807) is 24.3 Å². The zero-order valence-corrected chi connectivity index (χ0v) is 11.8. The smallest absolute Gasteiger partial charge is 0.161 e. The van der Waals surface area contributed by atoms with Crippen LogP contribution in [0.15, 0.2) is 42.5 Å². The molecule has 0 aliphatic carbocycles. The number of aromatic nitrogens is 2. The Morgan fingerprint density at radius 3 is 2.37 bits per heavy atom. The molecule has 0 unspecified atom stereocenters. The standard InChI is InChI=1S/C14H7Cl3N2/c15-9-3-1-2-8(6-9)14-18-12-7-10(16)4-5-11(12)13(17)19-14/h1-7H. The third-order valence-corrected chi connectivity index (χ3v) is 3.45. The second-order valence-corrected chi connectivity index (χ2v) is 5.24. The van der Waals surface area contributed by atoms with Crippen molar-refractivity contribution < 1.29 is 0 Å². The Morgan fingerprint density at radius 1 is 0.789 bits per heavy atom. The number of fused-ring (bicyclic) bond motifs is 1. The van der Waals surface area contributed by atoms with Gasteiger partial charge >= 0.3 is 0 Å². The van der Waals surface area contributed by atoms with Crippen LogP contribution in [0.25, 0.3) is 22.3 Å². The van der Waals surface area contributed by atoms with Crippen molar-refractivity contribution in [3.05, 3.63) is 57.7 Å². The van der Waals surface area contributed by atoms with E-state index < -0.39 is 0 Å². The molecule has 19 heavy (non-hydrogen) atoms. The van der Waals surface area contributed by atoms with Crippen molar-refractivity contribution in [3.63, 3.8) is 0 Å². The first-order valence-electron chi connectivity index (χ1n) is 5.52. The summed E-state index contributed by atoms with van der Waals surface area (Å²) in [4.78, 5) is 8.76. The largest absolute Gasteiger partial charge is 0.228 e. The van der Waals surface area contributed by atoms with E-state index >= 15 is 0 Å². The minimum atomic E-state index is 0.400. The van der Waals surface area contributed by atoms with Crippen molar-refractivity contribution in [1.29, 1.82) is 0 Å². The van der Waals surface area contributed by atoms with Crippen LogP contribution in [0.4, 0.5) is 0 Å². The molecule has 2 nitrogen and oxygen atoms in total. The van der Waals surface area contributed by atoms with Crippen LogP contribution in [0, 0.1) is 0 Å². The molecule has 0 spiro atoms. The number of benzene rings is 2. The van der Waals surface area contributed by atoms with Crippen LogP contribution < -0.4 is 0 Å². The van der Waals surface area contributed by atoms with Gasteiger partial charge in [-0.3, -0.25) is 0 Å². The Morgan fingerprint density at radius 2 is 1.58 bits per heavy atom. The van der Waals surface area contributed by atoms with Gasteiger partial charge < -0.3 is 0 Å². The van der Waals surface area contributed by atoms with Crippen LogP contribution in [0.2, 0.25) is 15.2 Å². The molecule has 3 rings (SSSR count). The van der Waals surface area contributed by atoms with Crippen molar-refractivity contribution in [1.82, 2.24) is 9.97 Å². The van der Waals surface area contributed by atoms with Crippen molar-refractivity contribution >= 4 is 45.7 Å². The minimum absolute atomic E-state index is 0.400. The summed E-state index contributed by atoms with van der Waals surface area (Å²) in [7, 11) is 0. The molecule has 0 bridgehead atoms. The minimum Gasteiger partial charge on any atom is -0.228 e. The average Bonchev–Trinajstić information content (AvgIpc) is 2.38. The molecule has 2 aromatic carbocycles. The highest BCUT2D eigenvalue weighted by atomic mass is 35.5. The lowest BCUT2D eigenvalue weighted by atomic mass is 10.2. The highest BCUT2D eigenvalue weighted by Crippen LogP contribution is 2.27. The summed E-state index contributed by atoms with van der Waals surface area (Å²) in [5, 5.41) is 2.41. The van der Waals surface area contributed by atoms with Crippen LogP contribution in [0.5, 0.6) is 0 Å². The first-order chi connectivity index (χ1) is 9.13. The second kappa shape index (κ2) is 4.97. The fourth-order valence-electron chi connectivity index (χ4n) is 1.82. The molecule has 5 heteroatoms. The van der Waals surface area contributed by atoms with Gasteiger partial charge in [0.15, 0.2) is 5.82 Å². The van der Waals surface area contributed by atoms with E-state index in [1.807, 2.05) is 18.2 Å². The van der Waals surface area contributed by atoms with Crippen LogP contribution >= 0.6 is 34.8 Å². The number of halogens is 3. The summed E-state index contributed by atoms with van der Waals surface area (Å²) in [6.45, 7) is 0. The van der Waals surface area contributed by atoms with Crippen LogP contribution in [0.1, 0.15) is 0 Å². The highest BCUT2D eigenvalue weighted by molar-refractivity contribution is 6.35. The Kier molecular flexibility index (Phi) is 3.31. The summed E-state index contributed by atoms with van der Waals surface area (Å²) in [6.07, 6.45) is 0. The van der Waals surface area contributed by atoms with Crippen LogP contribution in [0.3, 0.4) is 0 Å². The lowest BCUT2D eigenvalue weighted by Gasteiger charge is -2.05. The fourth-order valence-corrected chi connectivity index (χ4v) is 2.42. The van der Waals surface area contributed by atoms with Gasteiger partial charge in [0.25, 0.3) is 0 Å². The number of hydrogen-bond acceptors (Lipinski definition) is 2. The maximum absolute atomic E-state index is 6.18. The monoisotopic (exact) mass is 308 g/mol. The molecule has 0 saturated carbocycles. The SMILES string of the molecule is Clc1cccc(-c2nc(Cl)c3ccc(Cl)cc3n2)c1. The Labute approximate surface area is 125 Å².